The lowest BCUT2D eigenvalue weighted by Gasteiger charge is -2.37. The third-order valence-corrected chi connectivity index (χ3v) is 10.5. The van der Waals surface area contributed by atoms with Gasteiger partial charge in [-0.1, -0.05) is 48.5 Å². The number of aromatic nitrogens is 1. The Morgan fingerprint density at radius 3 is 2.31 bits per heavy atom. The van der Waals surface area contributed by atoms with Crippen LogP contribution in [-0.2, 0) is 23.1 Å². The monoisotopic (exact) mass is 682 g/mol. The van der Waals surface area contributed by atoms with Gasteiger partial charge in [0.25, 0.3) is 5.91 Å². The highest BCUT2D eigenvalue weighted by molar-refractivity contribution is 7.90. The second kappa shape index (κ2) is 13.9. The highest BCUT2D eigenvalue weighted by Crippen LogP contribution is 2.37. The van der Waals surface area contributed by atoms with Crippen molar-refractivity contribution in [3.05, 3.63) is 95.1 Å². The van der Waals surface area contributed by atoms with Crippen LogP contribution in [0.1, 0.15) is 58.8 Å². The number of hydrogen-bond acceptors (Lipinski definition) is 6. The number of alkyl halides is 4. The molecule has 1 atom stereocenters. The van der Waals surface area contributed by atoms with Crippen LogP contribution >= 0.6 is 0 Å². The first kappa shape index (κ1) is 34.0. The minimum atomic E-state index is -4.83. The SMILES string of the molecule is CS(=O)(=O)c1ccc2nc(-c3cccc(CF)c3)c(CN3CCC(N4CCCC4)CC3)c(C(=O)N[C@H](c3ccccc3)C(F)(F)F)c2c1. The summed E-state index contributed by atoms with van der Waals surface area (Å²) in [6.07, 6.45) is 0.363. The van der Waals surface area contributed by atoms with Gasteiger partial charge < -0.3 is 10.2 Å². The molecule has 0 radical (unpaired) electrons. The van der Waals surface area contributed by atoms with Gasteiger partial charge in [-0.05, 0) is 87.3 Å². The average Bonchev–Trinajstić information content (AvgIpc) is 3.62. The summed E-state index contributed by atoms with van der Waals surface area (Å²) in [5, 5.41) is 2.36. The van der Waals surface area contributed by atoms with Crippen molar-refractivity contribution in [2.45, 2.75) is 62.1 Å². The van der Waals surface area contributed by atoms with E-state index in [0.717, 1.165) is 32.2 Å². The standard InChI is InChI=1S/C36H38F4N4O3S/c1-48(46,47)28-12-13-31-29(21-28)32(35(45)42-34(36(38,39)40)25-9-3-2-4-10-25)30(33(41-31)26-11-7-8-24(20-26)22-37)23-43-18-14-27(15-19-43)44-16-5-6-17-44/h2-4,7-13,20-21,27,34H,5-6,14-19,22-23H2,1H3,(H,42,45)/t34-/m1/s1. The molecule has 2 saturated heterocycles. The molecule has 2 aliphatic rings. The van der Waals surface area contributed by atoms with Crippen LogP contribution in [0.25, 0.3) is 22.2 Å². The molecular formula is C36H38F4N4O3S. The van der Waals surface area contributed by atoms with Crippen molar-refractivity contribution >= 4 is 26.6 Å². The molecular weight excluding hydrogens is 644 g/mol. The zero-order chi connectivity index (χ0) is 34.1. The van der Waals surface area contributed by atoms with E-state index in [0.29, 0.717) is 41.5 Å². The van der Waals surface area contributed by atoms with E-state index in [4.69, 9.17) is 4.98 Å². The van der Waals surface area contributed by atoms with Crippen LogP contribution in [0.3, 0.4) is 0 Å². The van der Waals surface area contributed by atoms with Crippen molar-refractivity contribution in [1.82, 2.24) is 20.1 Å². The number of carbonyl (C=O) groups excluding carboxylic acids is 1. The topological polar surface area (TPSA) is 82.6 Å². The van der Waals surface area contributed by atoms with E-state index < -0.39 is 34.6 Å². The number of piperidine rings is 1. The number of nitrogens with zero attached hydrogens (tertiary/aromatic N) is 3. The van der Waals surface area contributed by atoms with Crippen molar-refractivity contribution < 1.29 is 30.8 Å². The van der Waals surface area contributed by atoms with E-state index in [2.05, 4.69) is 15.1 Å². The highest BCUT2D eigenvalue weighted by Gasteiger charge is 2.42. The van der Waals surface area contributed by atoms with Gasteiger partial charge in [0.1, 0.15) is 6.67 Å². The number of halogens is 4. The number of nitrogens with one attached hydrogen (secondary N) is 1. The molecule has 1 amide bonds. The largest absolute Gasteiger partial charge is 0.412 e. The van der Waals surface area contributed by atoms with E-state index in [1.54, 1.807) is 30.3 Å². The highest BCUT2D eigenvalue weighted by atomic mass is 32.2. The molecule has 0 spiro atoms. The van der Waals surface area contributed by atoms with E-state index in [1.807, 2.05) is 0 Å². The molecule has 1 N–H and O–H groups in total. The maximum absolute atomic E-state index is 14.5. The van der Waals surface area contributed by atoms with Crippen molar-refractivity contribution in [3.8, 4) is 11.3 Å². The van der Waals surface area contributed by atoms with Crippen molar-refractivity contribution in [3.63, 3.8) is 0 Å². The van der Waals surface area contributed by atoms with Crippen molar-refractivity contribution in [1.29, 1.82) is 0 Å². The van der Waals surface area contributed by atoms with Crippen LogP contribution in [0.2, 0.25) is 0 Å². The van der Waals surface area contributed by atoms with Crippen LogP contribution in [0.5, 0.6) is 0 Å². The smallest absolute Gasteiger partial charge is 0.337 e. The molecule has 12 heteroatoms. The summed E-state index contributed by atoms with van der Waals surface area (Å²) in [7, 11) is -3.75. The molecule has 0 bridgehead atoms. The predicted octanol–water partition coefficient (Wildman–Crippen LogP) is 6.87. The number of carbonyl (C=O) groups is 1. The number of rotatable bonds is 9. The minimum absolute atomic E-state index is 0.0852. The first-order valence-electron chi connectivity index (χ1n) is 16.1. The molecule has 254 valence electrons. The van der Waals surface area contributed by atoms with Crippen LogP contribution in [0.4, 0.5) is 17.6 Å². The molecule has 3 aromatic carbocycles. The second-order valence-corrected chi connectivity index (χ2v) is 14.7. The predicted molar refractivity (Wildman–Crippen MR) is 177 cm³/mol. The number of hydrogen-bond donors (Lipinski definition) is 1. The van der Waals surface area contributed by atoms with E-state index >= 15 is 0 Å². The zero-order valence-corrected chi connectivity index (χ0v) is 27.5. The minimum Gasteiger partial charge on any atom is -0.337 e. The lowest BCUT2D eigenvalue weighted by Crippen LogP contribution is -2.44. The second-order valence-electron chi connectivity index (χ2n) is 12.7. The molecule has 2 aliphatic heterocycles. The van der Waals surface area contributed by atoms with Gasteiger partial charge >= 0.3 is 6.18 Å². The normalized spacial score (nSPS) is 17.5. The summed E-state index contributed by atoms with van der Waals surface area (Å²) in [5.74, 6) is -1.01. The molecule has 0 saturated carbocycles. The number of pyridine rings is 1. The van der Waals surface area contributed by atoms with Gasteiger partial charge in [-0.2, -0.15) is 13.2 Å². The molecule has 48 heavy (non-hydrogen) atoms. The molecule has 0 unspecified atom stereocenters. The van der Waals surface area contributed by atoms with Crippen LogP contribution in [0, 0.1) is 0 Å². The summed E-state index contributed by atoms with van der Waals surface area (Å²) in [5.41, 5.74) is 1.58. The lowest BCUT2D eigenvalue weighted by molar-refractivity contribution is -0.155. The van der Waals surface area contributed by atoms with Crippen LogP contribution in [-0.4, -0.2) is 73.8 Å². The Bertz CT molecular complexity index is 1890. The Morgan fingerprint density at radius 2 is 1.67 bits per heavy atom. The number of benzene rings is 3. The fourth-order valence-electron chi connectivity index (χ4n) is 6.94. The van der Waals surface area contributed by atoms with Crippen LogP contribution < -0.4 is 5.32 Å². The molecule has 1 aromatic heterocycles. The van der Waals surface area contributed by atoms with Gasteiger partial charge in [-0.15, -0.1) is 0 Å². The van der Waals surface area contributed by atoms with Gasteiger partial charge in [0.05, 0.1) is 21.7 Å². The Hall–Kier alpha value is -3.87. The molecule has 6 rings (SSSR count). The van der Waals surface area contributed by atoms with Gasteiger partial charge in [-0.25, -0.2) is 17.8 Å². The lowest BCUT2D eigenvalue weighted by atomic mass is 9.93. The Balaban J connectivity index is 1.51. The maximum Gasteiger partial charge on any atom is 0.412 e. The molecule has 2 fully saturated rings. The van der Waals surface area contributed by atoms with Gasteiger partial charge in [0, 0.05) is 35.4 Å². The zero-order valence-electron chi connectivity index (χ0n) is 26.6. The number of likely N-dealkylation sites (tertiary alicyclic amines) is 2. The Morgan fingerprint density at radius 1 is 0.958 bits per heavy atom. The average molecular weight is 683 g/mol. The fraction of sp³-hybridized carbons (Fsp3) is 0.389. The quantitative estimate of drug-likeness (QED) is 0.194. The summed E-state index contributed by atoms with van der Waals surface area (Å²) in [4.78, 5) is 23.8. The van der Waals surface area contributed by atoms with E-state index in [-0.39, 0.29) is 33.5 Å². The molecule has 0 aliphatic carbocycles. The summed E-state index contributed by atoms with van der Waals surface area (Å²) < 4.78 is 82.7. The molecule has 3 heterocycles. The maximum atomic E-state index is 14.5. The fourth-order valence-corrected chi connectivity index (χ4v) is 7.59. The first-order chi connectivity index (χ1) is 22.9. The Labute approximate surface area is 277 Å². The molecule has 4 aromatic rings. The first-order valence-corrected chi connectivity index (χ1v) is 18.0. The number of amides is 1. The van der Waals surface area contributed by atoms with Crippen molar-refractivity contribution in [2.24, 2.45) is 0 Å². The van der Waals surface area contributed by atoms with Gasteiger partial charge in [0.2, 0.25) is 0 Å². The van der Waals surface area contributed by atoms with Crippen molar-refractivity contribution in [2.75, 3.05) is 32.4 Å². The van der Waals surface area contributed by atoms with Gasteiger partial charge in [0.15, 0.2) is 15.9 Å². The summed E-state index contributed by atoms with van der Waals surface area (Å²) in [6, 6.07) is 16.0. The third-order valence-electron chi connectivity index (χ3n) is 9.40. The number of sulfone groups is 1. The van der Waals surface area contributed by atoms with E-state index in [9.17, 15) is 30.8 Å². The summed E-state index contributed by atoms with van der Waals surface area (Å²) in [6.45, 7) is 2.98. The third kappa shape index (κ3) is 7.40. The number of fused-ring (bicyclic) bond motifs is 1. The van der Waals surface area contributed by atoms with Crippen LogP contribution in [0.15, 0.2) is 77.7 Å². The van der Waals surface area contributed by atoms with Gasteiger partial charge in [-0.3, -0.25) is 9.69 Å². The van der Waals surface area contributed by atoms with E-state index in [1.165, 1.54) is 55.3 Å². The summed E-state index contributed by atoms with van der Waals surface area (Å²) >= 11 is 0. The molecule has 7 nitrogen and oxygen atoms in total. The Kier molecular flexibility index (Phi) is 9.87.